The highest BCUT2D eigenvalue weighted by Crippen LogP contribution is 2.41. The molecule has 1 aliphatic heterocycles. The molecule has 1 amide bonds. The number of benzene rings is 2. The molecule has 2 aliphatic rings. The Balaban J connectivity index is 1.75. The van der Waals surface area contributed by atoms with Crippen LogP contribution in [0.1, 0.15) is 63.4 Å². The molecule has 11 nitrogen and oxygen atoms in total. The molecule has 40 heavy (non-hydrogen) atoms. The lowest BCUT2D eigenvalue weighted by Crippen LogP contribution is -2.59. The summed E-state index contributed by atoms with van der Waals surface area (Å²) in [5, 5.41) is 5.40. The molecule has 0 bridgehead atoms. The first kappa shape index (κ1) is 29.4. The van der Waals surface area contributed by atoms with Gasteiger partial charge in [0.15, 0.2) is 11.6 Å². The lowest BCUT2D eigenvalue weighted by atomic mass is 9.67. The highest BCUT2D eigenvalue weighted by atomic mass is 32.2. The molecule has 0 radical (unpaired) electrons. The van der Waals surface area contributed by atoms with Gasteiger partial charge in [-0.1, -0.05) is 38.1 Å². The van der Waals surface area contributed by atoms with E-state index in [2.05, 4.69) is 20.5 Å². The number of nitrogens with zero attached hydrogens (tertiary/aromatic N) is 1. The van der Waals surface area contributed by atoms with Crippen LogP contribution in [0.5, 0.6) is 0 Å². The number of Topliss-reactive ketones (excluding diaryl/α,β-unsaturated/α-hetero) is 2. The summed E-state index contributed by atoms with van der Waals surface area (Å²) in [4.78, 5) is 45.1. The van der Waals surface area contributed by atoms with E-state index in [-0.39, 0.29) is 33.6 Å². The minimum Gasteiger partial charge on any atom is -0.444 e. The van der Waals surface area contributed by atoms with Crippen molar-refractivity contribution in [1.82, 2.24) is 5.48 Å². The van der Waals surface area contributed by atoms with Crippen molar-refractivity contribution < 1.29 is 32.4 Å². The van der Waals surface area contributed by atoms with E-state index in [1.54, 1.807) is 45.0 Å². The van der Waals surface area contributed by atoms with Crippen LogP contribution in [0.2, 0.25) is 0 Å². The van der Waals surface area contributed by atoms with Gasteiger partial charge in [-0.05, 0) is 63.3 Å². The molecule has 2 atom stereocenters. The van der Waals surface area contributed by atoms with E-state index < -0.39 is 44.7 Å². The maximum absolute atomic E-state index is 14.2. The SMILES string of the molecule is CON[C@]1(CCC(C)C)C(=O)C(C2=NS(=O)(=O)c3cc(NC(=O)OC(C)(C)C)ccc3N2)C(=O)c2ccccc21. The number of sulfonamides is 1. The number of carbonyl (C=O) groups excluding carboxylic acids is 3. The molecule has 2 aromatic rings. The zero-order valence-corrected chi connectivity index (χ0v) is 24.1. The number of carbonyl (C=O) groups is 3. The second-order valence-corrected chi connectivity index (χ2v) is 12.8. The number of hydrogen-bond donors (Lipinski definition) is 3. The normalized spacial score (nSPS) is 21.7. The van der Waals surface area contributed by atoms with E-state index in [0.29, 0.717) is 18.4 Å². The minimum absolute atomic E-state index is 0.117. The summed E-state index contributed by atoms with van der Waals surface area (Å²) < 4.78 is 35.7. The minimum atomic E-state index is -4.36. The van der Waals surface area contributed by atoms with E-state index in [1.165, 1.54) is 25.3 Å². The monoisotopic (exact) mass is 570 g/mol. The zero-order chi connectivity index (χ0) is 29.5. The van der Waals surface area contributed by atoms with Crippen LogP contribution >= 0.6 is 0 Å². The average Bonchev–Trinajstić information content (AvgIpc) is 2.85. The molecule has 0 spiro atoms. The van der Waals surface area contributed by atoms with Gasteiger partial charge in [0.25, 0.3) is 10.0 Å². The molecule has 4 rings (SSSR count). The highest BCUT2D eigenvalue weighted by Gasteiger charge is 2.54. The van der Waals surface area contributed by atoms with E-state index >= 15 is 0 Å². The number of amides is 1. The number of ketones is 2. The molecule has 0 saturated carbocycles. The Morgan fingerprint density at radius 3 is 2.50 bits per heavy atom. The predicted octanol–water partition coefficient (Wildman–Crippen LogP) is 4.41. The van der Waals surface area contributed by atoms with Crippen LogP contribution in [0.25, 0.3) is 0 Å². The van der Waals surface area contributed by atoms with Crippen LogP contribution in [0, 0.1) is 11.8 Å². The van der Waals surface area contributed by atoms with E-state index in [1.807, 2.05) is 13.8 Å². The van der Waals surface area contributed by atoms with Crippen molar-refractivity contribution in [2.45, 2.75) is 63.5 Å². The first-order valence-electron chi connectivity index (χ1n) is 12.9. The molecule has 1 heterocycles. The molecule has 1 unspecified atom stereocenters. The Hall–Kier alpha value is -3.61. The van der Waals surface area contributed by atoms with Gasteiger partial charge in [-0.3, -0.25) is 14.9 Å². The third-order valence-corrected chi connectivity index (χ3v) is 7.96. The van der Waals surface area contributed by atoms with Crippen LogP contribution in [-0.2, 0) is 29.9 Å². The molecule has 2 aromatic carbocycles. The fourth-order valence-corrected chi connectivity index (χ4v) is 6.05. The summed E-state index contributed by atoms with van der Waals surface area (Å²) in [5.74, 6) is -2.70. The molecule has 0 aromatic heterocycles. The quantitative estimate of drug-likeness (QED) is 0.325. The standard InChI is InChI=1S/C28H34N4O7S/c1-16(2)13-14-28(32-38-6)19-10-8-7-9-18(19)23(33)22(24(28)34)25-30-20-12-11-17(15-21(20)40(36,37)31-25)29-26(35)39-27(3,4)5/h7-12,15-16,22,32H,13-14H2,1-6H3,(H,29,35)(H,30,31)/t22?,28-/m0/s1. The number of fused-ring (bicyclic) bond motifs is 2. The van der Waals surface area contributed by atoms with E-state index in [4.69, 9.17) is 9.57 Å². The van der Waals surface area contributed by atoms with E-state index in [0.717, 1.165) is 0 Å². The average molecular weight is 571 g/mol. The highest BCUT2D eigenvalue weighted by molar-refractivity contribution is 7.90. The first-order valence-corrected chi connectivity index (χ1v) is 14.4. The molecule has 1 aliphatic carbocycles. The Kier molecular flexibility index (Phi) is 7.90. The summed E-state index contributed by atoms with van der Waals surface area (Å²) in [6.07, 6.45) is 0.193. The van der Waals surface area contributed by atoms with Gasteiger partial charge in [0, 0.05) is 11.3 Å². The third-order valence-electron chi connectivity index (χ3n) is 6.63. The molecule has 0 saturated heterocycles. The fraction of sp³-hybridized carbons (Fsp3) is 0.429. The van der Waals surface area contributed by atoms with Gasteiger partial charge in [0.05, 0.1) is 12.8 Å². The van der Waals surface area contributed by atoms with Gasteiger partial charge in [-0.15, -0.1) is 4.40 Å². The largest absolute Gasteiger partial charge is 0.444 e. The molecule has 12 heteroatoms. The number of hydrogen-bond acceptors (Lipinski definition) is 9. The number of amidine groups is 1. The maximum Gasteiger partial charge on any atom is 0.412 e. The van der Waals surface area contributed by atoms with Gasteiger partial charge in [0.1, 0.15) is 27.8 Å². The van der Waals surface area contributed by atoms with Crippen molar-refractivity contribution in [1.29, 1.82) is 0 Å². The molecule has 3 N–H and O–H groups in total. The van der Waals surface area contributed by atoms with Crippen LogP contribution in [0.3, 0.4) is 0 Å². The number of nitrogens with one attached hydrogen (secondary N) is 3. The van der Waals surface area contributed by atoms with Crippen molar-refractivity contribution in [3.8, 4) is 0 Å². The fourth-order valence-electron chi connectivity index (χ4n) is 4.87. The van der Waals surface area contributed by atoms with Gasteiger partial charge >= 0.3 is 6.09 Å². The van der Waals surface area contributed by atoms with E-state index in [9.17, 15) is 22.8 Å². The summed E-state index contributed by atoms with van der Waals surface area (Å²) in [6, 6.07) is 10.9. The zero-order valence-electron chi connectivity index (χ0n) is 23.3. The summed E-state index contributed by atoms with van der Waals surface area (Å²) >= 11 is 0. The summed E-state index contributed by atoms with van der Waals surface area (Å²) in [7, 11) is -2.97. The summed E-state index contributed by atoms with van der Waals surface area (Å²) in [6.45, 7) is 9.15. The Labute approximate surface area is 233 Å². The van der Waals surface area contributed by atoms with Crippen molar-refractivity contribution in [2.75, 3.05) is 17.7 Å². The number of rotatable bonds is 7. The second kappa shape index (κ2) is 10.8. The Bertz CT molecular complexity index is 1490. The van der Waals surface area contributed by atoms with Crippen LogP contribution in [0.4, 0.5) is 16.2 Å². The summed E-state index contributed by atoms with van der Waals surface area (Å²) in [5.41, 5.74) is 1.75. The molecular formula is C28H34N4O7S. The van der Waals surface area contributed by atoms with Crippen LogP contribution < -0.4 is 16.1 Å². The Morgan fingerprint density at radius 1 is 1.15 bits per heavy atom. The topological polar surface area (TPSA) is 152 Å². The number of anilines is 2. The second-order valence-electron chi connectivity index (χ2n) is 11.3. The maximum atomic E-state index is 14.2. The predicted molar refractivity (Wildman–Crippen MR) is 150 cm³/mol. The smallest absolute Gasteiger partial charge is 0.412 e. The molecule has 0 fully saturated rings. The third kappa shape index (κ3) is 5.65. The van der Waals surface area contributed by atoms with Crippen molar-refractivity contribution >= 4 is 44.9 Å². The van der Waals surface area contributed by atoms with Crippen LogP contribution in [0.15, 0.2) is 51.8 Å². The van der Waals surface area contributed by atoms with Crippen molar-refractivity contribution in [3.05, 3.63) is 53.6 Å². The number of hydroxylamine groups is 1. The molecular weight excluding hydrogens is 536 g/mol. The first-order chi connectivity index (χ1) is 18.7. The van der Waals surface area contributed by atoms with Gasteiger partial charge in [-0.2, -0.15) is 13.9 Å². The van der Waals surface area contributed by atoms with Crippen LogP contribution in [-0.4, -0.2) is 44.6 Å². The lowest BCUT2D eigenvalue weighted by molar-refractivity contribution is -0.134. The Morgan fingerprint density at radius 2 is 1.85 bits per heavy atom. The van der Waals surface area contributed by atoms with Gasteiger partial charge < -0.3 is 14.9 Å². The van der Waals surface area contributed by atoms with Gasteiger partial charge in [0.2, 0.25) is 0 Å². The van der Waals surface area contributed by atoms with Crippen molar-refractivity contribution in [2.24, 2.45) is 16.2 Å². The van der Waals surface area contributed by atoms with Gasteiger partial charge in [-0.25, -0.2) is 4.79 Å². The number of ether oxygens (including phenoxy) is 1. The molecule has 214 valence electrons. The lowest BCUT2D eigenvalue weighted by Gasteiger charge is -2.41. The van der Waals surface area contributed by atoms with Crippen molar-refractivity contribution in [3.63, 3.8) is 0 Å².